The van der Waals surface area contributed by atoms with Crippen molar-refractivity contribution in [2.24, 2.45) is 0 Å². The fraction of sp³-hybridized carbons (Fsp3) is 0.240. The first-order valence-corrected chi connectivity index (χ1v) is 11.8. The van der Waals surface area contributed by atoms with Gasteiger partial charge in [-0.25, -0.2) is 13.5 Å². The van der Waals surface area contributed by atoms with Gasteiger partial charge in [-0.05, 0) is 53.5 Å². The van der Waals surface area contributed by atoms with Crippen molar-refractivity contribution < 1.29 is 18.0 Å². The molecule has 4 rings (SSSR count). The van der Waals surface area contributed by atoms with Crippen molar-refractivity contribution in [2.75, 3.05) is 20.7 Å². The Kier molecular flexibility index (Phi) is 6.15. The molecule has 0 aromatic heterocycles. The summed E-state index contributed by atoms with van der Waals surface area (Å²) in [5.41, 5.74) is 2.63. The summed E-state index contributed by atoms with van der Waals surface area (Å²) in [6, 6.07) is 20.4. The lowest BCUT2D eigenvalue weighted by Crippen LogP contribution is -2.31. The lowest BCUT2D eigenvalue weighted by Gasteiger charge is -2.24. The van der Waals surface area contributed by atoms with Gasteiger partial charge in [0.2, 0.25) is 10.0 Å². The minimum atomic E-state index is -3.76. The van der Waals surface area contributed by atoms with Gasteiger partial charge in [-0.1, -0.05) is 54.1 Å². The van der Waals surface area contributed by atoms with Crippen LogP contribution >= 0.6 is 0 Å². The molecule has 1 fully saturated rings. The molecule has 0 bridgehead atoms. The number of sulfonamides is 1. The minimum absolute atomic E-state index is 0.150. The number of carbonyl (C=O) groups is 1. The second kappa shape index (κ2) is 8.86. The van der Waals surface area contributed by atoms with Crippen molar-refractivity contribution in [2.45, 2.75) is 24.3 Å². The third-order valence-corrected chi connectivity index (χ3v) is 7.73. The Bertz CT molecular complexity index is 1280. The SMILES string of the molecule is CON(C)C(=O)/C=C1/CC(c2ccc3ccccc3c2)N(S(=O)(=O)c2ccc(C)cc2)C1. The average molecular weight is 451 g/mol. The highest BCUT2D eigenvalue weighted by Gasteiger charge is 2.39. The van der Waals surface area contributed by atoms with E-state index in [1.807, 2.05) is 49.4 Å². The van der Waals surface area contributed by atoms with Gasteiger partial charge in [0.05, 0.1) is 18.0 Å². The molecule has 7 heteroatoms. The van der Waals surface area contributed by atoms with E-state index in [2.05, 4.69) is 0 Å². The Labute approximate surface area is 188 Å². The normalized spacial score (nSPS) is 18.3. The van der Waals surface area contributed by atoms with Gasteiger partial charge in [0.15, 0.2) is 0 Å². The van der Waals surface area contributed by atoms with E-state index in [0.29, 0.717) is 6.42 Å². The van der Waals surface area contributed by atoms with Crippen LogP contribution in [0.5, 0.6) is 0 Å². The number of benzene rings is 3. The number of hydrogen-bond acceptors (Lipinski definition) is 4. The maximum absolute atomic E-state index is 13.6. The largest absolute Gasteiger partial charge is 0.274 e. The van der Waals surface area contributed by atoms with Gasteiger partial charge in [0.1, 0.15) is 0 Å². The maximum atomic E-state index is 13.6. The summed E-state index contributed by atoms with van der Waals surface area (Å²) >= 11 is 0. The lowest BCUT2D eigenvalue weighted by atomic mass is 9.99. The summed E-state index contributed by atoms with van der Waals surface area (Å²) in [5, 5.41) is 3.26. The van der Waals surface area contributed by atoms with Crippen LogP contribution < -0.4 is 0 Å². The first-order valence-electron chi connectivity index (χ1n) is 10.4. The molecule has 0 aliphatic carbocycles. The highest BCUT2D eigenvalue weighted by Crippen LogP contribution is 2.40. The molecule has 1 saturated heterocycles. The molecule has 0 spiro atoms. The molecule has 6 nitrogen and oxygen atoms in total. The summed E-state index contributed by atoms with van der Waals surface area (Å²) in [6.45, 7) is 2.07. The Morgan fingerprint density at radius 3 is 2.44 bits per heavy atom. The number of nitrogens with zero attached hydrogens (tertiary/aromatic N) is 2. The fourth-order valence-electron chi connectivity index (χ4n) is 3.98. The predicted molar refractivity (Wildman–Crippen MR) is 124 cm³/mol. The Balaban J connectivity index is 1.77. The first kappa shape index (κ1) is 22.2. The molecule has 3 aromatic carbocycles. The van der Waals surface area contributed by atoms with Crippen molar-refractivity contribution in [3.8, 4) is 0 Å². The minimum Gasteiger partial charge on any atom is -0.274 e. The number of fused-ring (bicyclic) bond motifs is 1. The highest BCUT2D eigenvalue weighted by molar-refractivity contribution is 7.89. The van der Waals surface area contributed by atoms with Crippen LogP contribution in [0.3, 0.4) is 0 Å². The van der Waals surface area contributed by atoms with Crippen LogP contribution in [-0.4, -0.2) is 44.4 Å². The van der Waals surface area contributed by atoms with Gasteiger partial charge in [0.25, 0.3) is 5.91 Å². The van der Waals surface area contributed by atoms with Gasteiger partial charge in [0, 0.05) is 19.7 Å². The van der Waals surface area contributed by atoms with Crippen LogP contribution in [0.4, 0.5) is 0 Å². The number of rotatable bonds is 5. The van der Waals surface area contributed by atoms with E-state index in [1.165, 1.54) is 24.5 Å². The molecule has 1 atom stereocenters. The third-order valence-electron chi connectivity index (χ3n) is 5.86. The Morgan fingerprint density at radius 1 is 1.06 bits per heavy atom. The molecule has 1 aliphatic rings. The van der Waals surface area contributed by atoms with E-state index in [9.17, 15) is 13.2 Å². The topological polar surface area (TPSA) is 66.9 Å². The maximum Gasteiger partial charge on any atom is 0.269 e. The summed E-state index contributed by atoms with van der Waals surface area (Å²) in [4.78, 5) is 17.6. The van der Waals surface area contributed by atoms with Crippen molar-refractivity contribution in [3.63, 3.8) is 0 Å². The number of amides is 1. The van der Waals surface area contributed by atoms with Crippen LogP contribution in [0.2, 0.25) is 0 Å². The Morgan fingerprint density at radius 2 is 1.75 bits per heavy atom. The van der Waals surface area contributed by atoms with E-state index in [4.69, 9.17) is 4.84 Å². The van der Waals surface area contributed by atoms with Gasteiger partial charge < -0.3 is 0 Å². The molecular weight excluding hydrogens is 424 g/mol. The van der Waals surface area contributed by atoms with Crippen LogP contribution in [-0.2, 0) is 19.7 Å². The van der Waals surface area contributed by atoms with Gasteiger partial charge >= 0.3 is 0 Å². The average Bonchev–Trinajstić information content (AvgIpc) is 3.23. The van der Waals surface area contributed by atoms with Crippen molar-refractivity contribution in [3.05, 3.63) is 89.5 Å². The summed E-state index contributed by atoms with van der Waals surface area (Å²) in [5.74, 6) is -0.325. The quantitative estimate of drug-likeness (QED) is 0.431. The molecule has 1 heterocycles. The van der Waals surface area contributed by atoms with E-state index in [0.717, 1.165) is 32.5 Å². The molecule has 1 aliphatic heterocycles. The molecule has 0 radical (unpaired) electrons. The van der Waals surface area contributed by atoms with Crippen molar-refractivity contribution in [1.82, 2.24) is 9.37 Å². The molecule has 1 amide bonds. The molecule has 0 N–H and O–H groups in total. The van der Waals surface area contributed by atoms with Crippen molar-refractivity contribution in [1.29, 1.82) is 0 Å². The molecule has 166 valence electrons. The van der Waals surface area contributed by atoms with Crippen LogP contribution in [0.15, 0.2) is 83.3 Å². The second-order valence-electron chi connectivity index (χ2n) is 8.01. The number of hydrogen-bond donors (Lipinski definition) is 0. The summed E-state index contributed by atoms with van der Waals surface area (Å²) in [7, 11) is -0.827. The van der Waals surface area contributed by atoms with Gasteiger partial charge in [-0.15, -0.1) is 0 Å². The smallest absolute Gasteiger partial charge is 0.269 e. The standard InChI is InChI=1S/C25H26N2O4S/c1-18-8-12-23(13-9-18)32(29,30)27-17-19(15-25(28)26(2)31-3)14-24(27)22-11-10-20-6-4-5-7-21(20)16-22/h4-13,15-16,24H,14,17H2,1-3H3/b19-15-. The second-order valence-corrected chi connectivity index (χ2v) is 9.90. The van der Waals surface area contributed by atoms with E-state index in [1.54, 1.807) is 24.3 Å². The van der Waals surface area contributed by atoms with E-state index >= 15 is 0 Å². The van der Waals surface area contributed by atoms with Gasteiger partial charge in [-0.3, -0.25) is 9.63 Å². The molecule has 1 unspecified atom stereocenters. The molecule has 0 saturated carbocycles. The fourth-order valence-corrected chi connectivity index (χ4v) is 5.60. The zero-order valence-corrected chi connectivity index (χ0v) is 19.2. The van der Waals surface area contributed by atoms with Crippen LogP contribution in [0, 0.1) is 6.92 Å². The summed E-state index contributed by atoms with van der Waals surface area (Å²) < 4.78 is 28.7. The zero-order valence-electron chi connectivity index (χ0n) is 18.4. The molecule has 3 aromatic rings. The number of aryl methyl sites for hydroxylation is 1. The number of carbonyl (C=O) groups excluding carboxylic acids is 1. The van der Waals surface area contributed by atoms with Crippen molar-refractivity contribution >= 4 is 26.7 Å². The van der Waals surface area contributed by atoms with E-state index in [-0.39, 0.29) is 17.3 Å². The Hall–Kier alpha value is -3.00. The highest BCUT2D eigenvalue weighted by atomic mass is 32.2. The summed E-state index contributed by atoms with van der Waals surface area (Å²) in [6.07, 6.45) is 1.91. The predicted octanol–water partition coefficient (Wildman–Crippen LogP) is 4.23. The number of hydroxylamine groups is 2. The zero-order chi connectivity index (χ0) is 22.9. The van der Waals surface area contributed by atoms with E-state index < -0.39 is 16.1 Å². The van der Waals surface area contributed by atoms with Crippen LogP contribution in [0.1, 0.15) is 23.6 Å². The third kappa shape index (κ3) is 4.32. The number of likely N-dealkylation sites (N-methyl/N-ethyl adjacent to an activating group) is 1. The van der Waals surface area contributed by atoms with Crippen LogP contribution in [0.25, 0.3) is 10.8 Å². The lowest BCUT2D eigenvalue weighted by molar-refractivity contribution is -0.162. The van der Waals surface area contributed by atoms with Gasteiger partial charge in [-0.2, -0.15) is 4.31 Å². The molecule has 32 heavy (non-hydrogen) atoms. The monoisotopic (exact) mass is 450 g/mol. The first-order chi connectivity index (χ1) is 15.3. The molecular formula is C25H26N2O4S.